The number of carbonyl (C=O) groups excluding carboxylic acids is 1. The van der Waals surface area contributed by atoms with Crippen LogP contribution >= 0.6 is 11.9 Å². The lowest BCUT2D eigenvalue weighted by Crippen LogP contribution is -2.24. The summed E-state index contributed by atoms with van der Waals surface area (Å²) < 4.78 is 10.9. The Morgan fingerprint density at radius 1 is 1.23 bits per heavy atom. The van der Waals surface area contributed by atoms with Gasteiger partial charge in [-0.2, -0.15) is 5.10 Å². The molecule has 3 aromatic rings. The van der Waals surface area contributed by atoms with Gasteiger partial charge in [0.2, 0.25) is 5.88 Å². The first kappa shape index (κ1) is 23.7. The number of rotatable bonds is 7. The first-order valence-corrected chi connectivity index (χ1v) is 13.0. The number of fused-ring (bicyclic) bond motifs is 1. The zero-order valence-electron chi connectivity index (χ0n) is 20.5. The number of aromatic nitrogens is 3. The molecule has 0 spiro atoms. The molecular formula is C26H32N6O2S. The molecule has 0 radical (unpaired) electrons. The lowest BCUT2D eigenvalue weighted by Gasteiger charge is -2.17. The summed E-state index contributed by atoms with van der Waals surface area (Å²) >= 11 is 1.21. The highest BCUT2D eigenvalue weighted by Crippen LogP contribution is 2.38. The second-order valence-electron chi connectivity index (χ2n) is 9.54. The van der Waals surface area contributed by atoms with E-state index in [4.69, 9.17) is 4.74 Å². The Labute approximate surface area is 210 Å². The third kappa shape index (κ3) is 5.46. The Morgan fingerprint density at radius 3 is 2.89 bits per heavy atom. The average molecular weight is 493 g/mol. The molecule has 1 unspecified atom stereocenters. The quantitative estimate of drug-likeness (QED) is 0.455. The van der Waals surface area contributed by atoms with Gasteiger partial charge in [0.25, 0.3) is 0 Å². The van der Waals surface area contributed by atoms with Crippen molar-refractivity contribution in [3.05, 3.63) is 53.9 Å². The van der Waals surface area contributed by atoms with E-state index in [1.807, 2.05) is 29.1 Å². The highest BCUT2D eigenvalue weighted by molar-refractivity contribution is 7.97. The number of benzene rings is 1. The van der Waals surface area contributed by atoms with Crippen molar-refractivity contribution >= 4 is 23.7 Å². The monoisotopic (exact) mass is 492 g/mol. The number of likely N-dealkylation sites (tertiary alicyclic amines) is 1. The third-order valence-electron chi connectivity index (χ3n) is 6.56. The number of amides is 2. The number of ether oxygens (including phenoxy) is 1. The number of hydrogen-bond donors (Lipinski definition) is 2. The zero-order chi connectivity index (χ0) is 24.4. The minimum absolute atomic E-state index is 0.155. The largest absolute Gasteiger partial charge is 0.473 e. The van der Waals surface area contributed by atoms with Crippen LogP contribution in [0.1, 0.15) is 43.9 Å². The Balaban J connectivity index is 1.35. The van der Waals surface area contributed by atoms with Gasteiger partial charge in [0, 0.05) is 55.1 Å². The second kappa shape index (κ2) is 10.3. The van der Waals surface area contributed by atoms with E-state index in [1.54, 1.807) is 6.20 Å². The van der Waals surface area contributed by atoms with Gasteiger partial charge < -0.3 is 15.0 Å². The fourth-order valence-electron chi connectivity index (χ4n) is 4.75. The molecule has 2 N–H and O–H groups in total. The van der Waals surface area contributed by atoms with E-state index in [0.717, 1.165) is 60.6 Å². The Kier molecular flexibility index (Phi) is 6.97. The molecule has 35 heavy (non-hydrogen) atoms. The second-order valence-corrected chi connectivity index (χ2v) is 10.4. The Hall–Kier alpha value is -3.04. The first-order valence-electron chi connectivity index (χ1n) is 12.2. The van der Waals surface area contributed by atoms with Crippen molar-refractivity contribution in [3.8, 4) is 17.0 Å². The van der Waals surface area contributed by atoms with Crippen LogP contribution in [0.4, 0.5) is 10.5 Å². The Morgan fingerprint density at radius 2 is 2.11 bits per heavy atom. The molecule has 1 saturated heterocycles. The van der Waals surface area contributed by atoms with Crippen LogP contribution in [0, 0.1) is 0 Å². The molecule has 1 fully saturated rings. The van der Waals surface area contributed by atoms with Gasteiger partial charge in [0.15, 0.2) is 0 Å². The van der Waals surface area contributed by atoms with E-state index in [0.29, 0.717) is 5.88 Å². The molecule has 2 amide bonds. The van der Waals surface area contributed by atoms with Crippen LogP contribution in [-0.2, 0) is 12.8 Å². The van der Waals surface area contributed by atoms with Crippen LogP contribution in [-0.4, -0.2) is 51.9 Å². The molecule has 8 nitrogen and oxygen atoms in total. The van der Waals surface area contributed by atoms with Crippen molar-refractivity contribution in [3.63, 3.8) is 0 Å². The summed E-state index contributed by atoms with van der Waals surface area (Å²) in [5, 5.41) is 8.37. The lowest BCUT2D eigenvalue weighted by atomic mass is 9.98. The summed E-state index contributed by atoms with van der Waals surface area (Å²) in [6.07, 6.45) is 7.93. The van der Waals surface area contributed by atoms with Gasteiger partial charge in [0.1, 0.15) is 11.1 Å². The van der Waals surface area contributed by atoms with Gasteiger partial charge >= 0.3 is 6.03 Å². The zero-order valence-corrected chi connectivity index (χ0v) is 21.3. The van der Waals surface area contributed by atoms with Crippen LogP contribution in [0.2, 0.25) is 0 Å². The number of hydrogen-bond acceptors (Lipinski definition) is 6. The highest BCUT2D eigenvalue weighted by atomic mass is 32.2. The van der Waals surface area contributed by atoms with E-state index in [1.165, 1.54) is 23.1 Å². The molecule has 5 rings (SSSR count). The number of likely N-dealkylation sites (N-methyl/N-ethyl adjacent to an activating group) is 1. The van der Waals surface area contributed by atoms with Gasteiger partial charge in [-0.05, 0) is 75.4 Å². The molecular weight excluding hydrogens is 460 g/mol. The molecule has 2 aromatic heterocycles. The predicted molar refractivity (Wildman–Crippen MR) is 139 cm³/mol. The number of aryl methyl sites for hydroxylation is 1. The number of urea groups is 1. The normalized spacial score (nSPS) is 17.5. The number of anilines is 1. The van der Waals surface area contributed by atoms with Crippen molar-refractivity contribution in [2.24, 2.45) is 0 Å². The van der Waals surface area contributed by atoms with Crippen LogP contribution < -0.4 is 14.8 Å². The SMILES string of the molecule is CC(C)n1ccc(SNC(=O)Nc2c(-c3ccnc(OC4CCN(C)C4)c3)ccc3c2CCC3)n1. The summed E-state index contributed by atoms with van der Waals surface area (Å²) in [4.78, 5) is 19.6. The van der Waals surface area contributed by atoms with Crippen LogP contribution in [0.15, 0.2) is 47.8 Å². The number of nitrogens with one attached hydrogen (secondary N) is 2. The summed E-state index contributed by atoms with van der Waals surface area (Å²) in [5.41, 5.74) is 5.33. The van der Waals surface area contributed by atoms with Crippen molar-refractivity contribution in [1.29, 1.82) is 0 Å². The fourth-order valence-corrected chi connectivity index (χ4v) is 5.27. The molecule has 2 aliphatic rings. The minimum atomic E-state index is -0.268. The molecule has 0 saturated carbocycles. The van der Waals surface area contributed by atoms with Gasteiger partial charge in [-0.25, -0.2) is 9.78 Å². The molecule has 3 heterocycles. The van der Waals surface area contributed by atoms with Crippen LogP contribution in [0.5, 0.6) is 5.88 Å². The fraction of sp³-hybridized carbons (Fsp3) is 0.423. The molecule has 1 aliphatic carbocycles. The highest BCUT2D eigenvalue weighted by Gasteiger charge is 2.23. The van der Waals surface area contributed by atoms with Crippen LogP contribution in [0.3, 0.4) is 0 Å². The number of carbonyl (C=O) groups is 1. The maximum atomic E-state index is 12.9. The molecule has 1 aliphatic heterocycles. The summed E-state index contributed by atoms with van der Waals surface area (Å²) in [6, 6.07) is 10.1. The predicted octanol–water partition coefficient (Wildman–Crippen LogP) is 4.93. The van der Waals surface area contributed by atoms with E-state index in [9.17, 15) is 4.79 Å². The summed E-state index contributed by atoms with van der Waals surface area (Å²) in [5.74, 6) is 0.620. The van der Waals surface area contributed by atoms with E-state index in [-0.39, 0.29) is 18.2 Å². The smallest absolute Gasteiger partial charge is 0.329 e. The van der Waals surface area contributed by atoms with Gasteiger partial charge in [-0.1, -0.05) is 12.1 Å². The number of nitrogens with zero attached hydrogens (tertiary/aromatic N) is 4. The molecule has 0 bridgehead atoms. The van der Waals surface area contributed by atoms with Crippen molar-refractivity contribution in [2.45, 2.75) is 56.7 Å². The van der Waals surface area contributed by atoms with E-state index < -0.39 is 0 Å². The maximum Gasteiger partial charge on any atom is 0.329 e. The average Bonchev–Trinajstić information content (AvgIpc) is 3.59. The summed E-state index contributed by atoms with van der Waals surface area (Å²) in [7, 11) is 2.11. The number of pyridine rings is 1. The molecule has 1 atom stereocenters. The van der Waals surface area contributed by atoms with Crippen molar-refractivity contribution in [2.75, 3.05) is 25.5 Å². The molecule has 184 valence electrons. The topological polar surface area (TPSA) is 84.3 Å². The van der Waals surface area contributed by atoms with Crippen molar-refractivity contribution < 1.29 is 9.53 Å². The summed E-state index contributed by atoms with van der Waals surface area (Å²) in [6.45, 7) is 6.08. The molecule has 9 heteroatoms. The van der Waals surface area contributed by atoms with Gasteiger partial charge in [-0.15, -0.1) is 0 Å². The van der Waals surface area contributed by atoms with E-state index in [2.05, 4.69) is 58.0 Å². The Bertz CT molecular complexity index is 1210. The van der Waals surface area contributed by atoms with E-state index >= 15 is 0 Å². The molecule has 1 aromatic carbocycles. The van der Waals surface area contributed by atoms with Crippen molar-refractivity contribution in [1.82, 2.24) is 24.4 Å². The first-order chi connectivity index (χ1) is 17.0. The third-order valence-corrected chi connectivity index (χ3v) is 7.28. The maximum absolute atomic E-state index is 12.9. The minimum Gasteiger partial charge on any atom is -0.473 e. The van der Waals surface area contributed by atoms with Gasteiger partial charge in [-0.3, -0.25) is 9.40 Å². The standard InChI is InChI=1S/C26H32N6O2S/c1-17(2)32-14-11-24(29-32)35-30-26(33)28-25-21-6-4-5-18(21)7-8-22(25)19-9-12-27-23(15-19)34-20-10-13-31(3)16-20/h7-9,11-12,14-15,17,20H,4-6,10,13,16H2,1-3H3,(H2,28,30,33). The van der Waals surface area contributed by atoms with Crippen LogP contribution in [0.25, 0.3) is 11.1 Å². The van der Waals surface area contributed by atoms with Gasteiger partial charge in [0.05, 0.1) is 5.69 Å². The lowest BCUT2D eigenvalue weighted by molar-refractivity contribution is 0.200.